The molecule has 0 fully saturated rings. The second kappa shape index (κ2) is 9.17. The highest BCUT2D eigenvalue weighted by Gasteiger charge is 2.14. The largest absolute Gasteiger partial charge is 0.460 e. The number of rotatable bonds is 8. The summed E-state index contributed by atoms with van der Waals surface area (Å²) in [5.74, 6) is -1.67. The molecule has 0 aromatic rings. The maximum absolute atomic E-state index is 10.7. The zero-order valence-electron chi connectivity index (χ0n) is 10.3. The molecule has 7 nitrogen and oxygen atoms in total. The van der Waals surface area contributed by atoms with Crippen molar-refractivity contribution in [2.75, 3.05) is 19.8 Å². The summed E-state index contributed by atoms with van der Waals surface area (Å²) in [6, 6.07) is 0. The Labute approximate surface area is 105 Å². The van der Waals surface area contributed by atoms with Crippen molar-refractivity contribution < 1.29 is 33.3 Å². The fourth-order valence-corrected chi connectivity index (χ4v) is 0.867. The van der Waals surface area contributed by atoms with Crippen LogP contribution in [0.3, 0.4) is 0 Å². The quantitative estimate of drug-likeness (QED) is 0.202. The van der Waals surface area contributed by atoms with Crippen molar-refractivity contribution in [3.63, 3.8) is 0 Å². The number of carbonyl (C=O) groups excluding carboxylic acids is 3. The van der Waals surface area contributed by atoms with Crippen LogP contribution in [-0.4, -0.2) is 44.0 Å². The molecule has 0 heterocycles. The van der Waals surface area contributed by atoms with Gasteiger partial charge in [-0.25, -0.2) is 4.79 Å². The lowest BCUT2D eigenvalue weighted by Gasteiger charge is -2.16. The van der Waals surface area contributed by atoms with E-state index < -0.39 is 24.2 Å². The summed E-state index contributed by atoms with van der Waals surface area (Å²) < 4.78 is 19.1. The summed E-state index contributed by atoms with van der Waals surface area (Å²) in [6.45, 7) is 5.39. The number of esters is 3. The molecule has 1 unspecified atom stereocenters. The Hall–Kier alpha value is -1.89. The Morgan fingerprint density at radius 1 is 1.11 bits per heavy atom. The van der Waals surface area contributed by atoms with Crippen LogP contribution < -0.4 is 0 Å². The van der Waals surface area contributed by atoms with E-state index in [9.17, 15) is 14.4 Å². The number of hydrogen-bond acceptors (Lipinski definition) is 7. The molecule has 0 spiro atoms. The second-order valence-electron chi connectivity index (χ2n) is 3.08. The topological polar surface area (TPSA) is 88.1 Å². The third kappa shape index (κ3) is 9.34. The minimum absolute atomic E-state index is 0.00120. The summed E-state index contributed by atoms with van der Waals surface area (Å²) in [7, 11) is 0. The zero-order valence-corrected chi connectivity index (χ0v) is 10.3. The molecular formula is C11H16O7. The van der Waals surface area contributed by atoms with Crippen molar-refractivity contribution in [1.82, 2.24) is 0 Å². The Bertz CT molecular complexity index is 311. The minimum atomic E-state index is -1.02. The molecule has 1 atom stereocenters. The second-order valence-corrected chi connectivity index (χ2v) is 3.08. The number of ether oxygens (including phenoxy) is 4. The van der Waals surface area contributed by atoms with Gasteiger partial charge in [-0.15, -0.1) is 0 Å². The van der Waals surface area contributed by atoms with Gasteiger partial charge in [-0.1, -0.05) is 6.58 Å². The van der Waals surface area contributed by atoms with Crippen molar-refractivity contribution in [3.8, 4) is 0 Å². The van der Waals surface area contributed by atoms with Crippen molar-refractivity contribution in [1.29, 1.82) is 0 Å². The van der Waals surface area contributed by atoms with Gasteiger partial charge in [0.15, 0.2) is 6.61 Å². The van der Waals surface area contributed by atoms with Crippen LogP contribution in [0.1, 0.15) is 13.8 Å². The highest BCUT2D eigenvalue weighted by atomic mass is 16.7. The van der Waals surface area contributed by atoms with Crippen molar-refractivity contribution in [2.45, 2.75) is 20.1 Å². The molecular weight excluding hydrogens is 244 g/mol. The summed E-state index contributed by atoms with van der Waals surface area (Å²) in [6.07, 6.45) is -0.00332. The molecule has 0 amide bonds. The molecule has 0 saturated heterocycles. The molecule has 0 rings (SSSR count). The van der Waals surface area contributed by atoms with Gasteiger partial charge in [-0.2, -0.15) is 0 Å². The maximum atomic E-state index is 10.7. The Morgan fingerprint density at radius 2 is 1.78 bits per heavy atom. The predicted octanol–water partition coefficient (Wildman–Crippen LogP) is 0.184. The molecule has 0 radical (unpaired) electrons. The van der Waals surface area contributed by atoms with Crippen LogP contribution in [0.4, 0.5) is 0 Å². The average molecular weight is 260 g/mol. The van der Waals surface area contributed by atoms with E-state index in [4.69, 9.17) is 9.47 Å². The normalized spacial score (nSPS) is 11.2. The van der Waals surface area contributed by atoms with E-state index in [1.165, 1.54) is 13.8 Å². The molecule has 0 N–H and O–H groups in total. The van der Waals surface area contributed by atoms with Crippen LogP contribution in [0.15, 0.2) is 12.7 Å². The van der Waals surface area contributed by atoms with Gasteiger partial charge >= 0.3 is 17.9 Å². The van der Waals surface area contributed by atoms with Gasteiger partial charge in [0.05, 0.1) is 6.61 Å². The van der Waals surface area contributed by atoms with E-state index in [1.807, 2.05) is 0 Å². The van der Waals surface area contributed by atoms with E-state index in [2.05, 4.69) is 16.1 Å². The summed E-state index contributed by atoms with van der Waals surface area (Å²) in [4.78, 5) is 32.0. The van der Waals surface area contributed by atoms with Gasteiger partial charge in [0.2, 0.25) is 6.29 Å². The SMILES string of the molecule is C=CC(=O)OCCOC(COC(C)=O)OC(C)=O. The highest BCUT2D eigenvalue weighted by Crippen LogP contribution is 1.98. The van der Waals surface area contributed by atoms with E-state index in [1.54, 1.807) is 0 Å². The monoisotopic (exact) mass is 260 g/mol. The summed E-state index contributed by atoms with van der Waals surface area (Å²) >= 11 is 0. The summed E-state index contributed by atoms with van der Waals surface area (Å²) in [5.41, 5.74) is 0. The van der Waals surface area contributed by atoms with Crippen LogP contribution in [0, 0.1) is 0 Å². The first-order valence-corrected chi connectivity index (χ1v) is 5.17. The molecule has 0 aliphatic carbocycles. The smallest absolute Gasteiger partial charge is 0.330 e. The standard InChI is InChI=1S/C11H16O7/c1-4-10(14)15-5-6-16-11(18-9(3)13)7-17-8(2)12/h4,11H,1,5-7H2,2-3H3. The van der Waals surface area contributed by atoms with Crippen LogP contribution in [0.25, 0.3) is 0 Å². The molecule has 0 aliphatic heterocycles. The van der Waals surface area contributed by atoms with Crippen LogP contribution >= 0.6 is 0 Å². The van der Waals surface area contributed by atoms with Crippen molar-refractivity contribution >= 4 is 17.9 Å². The third-order valence-corrected chi connectivity index (χ3v) is 1.52. The lowest BCUT2D eigenvalue weighted by molar-refractivity contribution is -0.194. The molecule has 7 heteroatoms. The van der Waals surface area contributed by atoms with E-state index in [-0.39, 0.29) is 19.8 Å². The van der Waals surface area contributed by atoms with Gasteiger partial charge < -0.3 is 18.9 Å². The van der Waals surface area contributed by atoms with E-state index in [0.29, 0.717) is 0 Å². The molecule has 0 bridgehead atoms. The van der Waals surface area contributed by atoms with Gasteiger partial charge in [0, 0.05) is 19.9 Å². The minimum Gasteiger partial charge on any atom is -0.460 e. The maximum Gasteiger partial charge on any atom is 0.330 e. The lowest BCUT2D eigenvalue weighted by atomic mass is 10.6. The van der Waals surface area contributed by atoms with Gasteiger partial charge in [-0.3, -0.25) is 9.59 Å². The number of carbonyl (C=O) groups is 3. The van der Waals surface area contributed by atoms with E-state index in [0.717, 1.165) is 6.08 Å². The molecule has 18 heavy (non-hydrogen) atoms. The van der Waals surface area contributed by atoms with Crippen molar-refractivity contribution in [2.24, 2.45) is 0 Å². The molecule has 0 aromatic carbocycles. The first-order valence-electron chi connectivity index (χ1n) is 5.17. The molecule has 0 aliphatic rings. The predicted molar refractivity (Wildman–Crippen MR) is 59.3 cm³/mol. The molecule has 0 aromatic heterocycles. The first kappa shape index (κ1) is 16.1. The third-order valence-electron chi connectivity index (χ3n) is 1.52. The summed E-state index contributed by atoms with van der Waals surface area (Å²) in [5, 5.41) is 0. The Morgan fingerprint density at radius 3 is 2.28 bits per heavy atom. The molecule has 102 valence electrons. The Kier molecular flexibility index (Phi) is 8.21. The molecule has 0 saturated carbocycles. The zero-order chi connectivity index (χ0) is 14.0. The first-order chi connectivity index (χ1) is 8.45. The van der Waals surface area contributed by atoms with Gasteiger partial charge in [-0.05, 0) is 0 Å². The Balaban J connectivity index is 3.92. The van der Waals surface area contributed by atoms with E-state index >= 15 is 0 Å². The average Bonchev–Trinajstić information content (AvgIpc) is 2.30. The van der Waals surface area contributed by atoms with Gasteiger partial charge in [0.1, 0.15) is 6.61 Å². The van der Waals surface area contributed by atoms with Crippen LogP contribution in [-0.2, 0) is 33.3 Å². The fourth-order valence-electron chi connectivity index (χ4n) is 0.867. The fraction of sp³-hybridized carbons (Fsp3) is 0.545. The van der Waals surface area contributed by atoms with Crippen LogP contribution in [0.5, 0.6) is 0 Å². The van der Waals surface area contributed by atoms with Crippen LogP contribution in [0.2, 0.25) is 0 Å². The van der Waals surface area contributed by atoms with Gasteiger partial charge in [0.25, 0.3) is 0 Å². The van der Waals surface area contributed by atoms with Crippen molar-refractivity contribution in [3.05, 3.63) is 12.7 Å². The number of hydrogen-bond donors (Lipinski definition) is 0. The highest BCUT2D eigenvalue weighted by molar-refractivity contribution is 5.81. The lowest BCUT2D eigenvalue weighted by Crippen LogP contribution is -2.28.